The van der Waals surface area contributed by atoms with Gasteiger partial charge in [-0.2, -0.15) is 0 Å². The summed E-state index contributed by atoms with van der Waals surface area (Å²) in [4.78, 5) is 22.9. The summed E-state index contributed by atoms with van der Waals surface area (Å²) in [5, 5.41) is 2.87. The van der Waals surface area contributed by atoms with E-state index in [9.17, 15) is 9.59 Å². The lowest BCUT2D eigenvalue weighted by Crippen LogP contribution is -2.34. The van der Waals surface area contributed by atoms with Crippen molar-refractivity contribution in [2.75, 3.05) is 6.54 Å². The molecule has 0 heterocycles. The van der Waals surface area contributed by atoms with Gasteiger partial charge in [-0.25, -0.2) is 0 Å². The van der Waals surface area contributed by atoms with E-state index in [0.29, 0.717) is 11.7 Å². The van der Waals surface area contributed by atoms with Gasteiger partial charge in [0.1, 0.15) is 5.78 Å². The number of amides is 1. The number of rotatable bonds is 3. The molecule has 0 spiro atoms. The summed E-state index contributed by atoms with van der Waals surface area (Å²) in [7, 11) is 0. The van der Waals surface area contributed by atoms with Crippen molar-refractivity contribution in [2.24, 2.45) is 17.3 Å². The molecule has 0 aromatic heterocycles. The third-order valence-electron chi connectivity index (χ3n) is 3.60. The summed E-state index contributed by atoms with van der Waals surface area (Å²) < 4.78 is 0. The molecule has 0 saturated heterocycles. The van der Waals surface area contributed by atoms with Gasteiger partial charge in [-0.15, -0.1) is 0 Å². The Morgan fingerprint density at radius 3 is 2.06 bits per heavy atom. The maximum atomic E-state index is 12.1. The fourth-order valence-electron chi connectivity index (χ4n) is 2.53. The molecule has 0 unspecified atom stereocenters. The van der Waals surface area contributed by atoms with Crippen molar-refractivity contribution in [1.29, 1.82) is 0 Å². The third kappa shape index (κ3) is 4.49. The first-order valence-corrected chi connectivity index (χ1v) is 6.59. The molecule has 0 aromatic carbocycles. The smallest absolute Gasteiger partial charge is 0.216 e. The van der Waals surface area contributed by atoms with Gasteiger partial charge in [-0.1, -0.05) is 20.8 Å². The summed E-state index contributed by atoms with van der Waals surface area (Å²) in [5.74, 6) is 1.24. The van der Waals surface area contributed by atoms with Crippen LogP contribution in [-0.4, -0.2) is 18.2 Å². The van der Waals surface area contributed by atoms with Gasteiger partial charge in [0.15, 0.2) is 0 Å². The van der Waals surface area contributed by atoms with Gasteiger partial charge in [-0.3, -0.25) is 9.59 Å². The molecule has 1 saturated carbocycles. The van der Waals surface area contributed by atoms with Crippen molar-refractivity contribution in [1.82, 2.24) is 5.32 Å². The van der Waals surface area contributed by atoms with E-state index >= 15 is 0 Å². The largest absolute Gasteiger partial charge is 0.356 e. The quantitative estimate of drug-likeness (QED) is 0.822. The second-order valence-corrected chi connectivity index (χ2v) is 6.27. The Hall–Kier alpha value is -0.860. The van der Waals surface area contributed by atoms with Crippen molar-refractivity contribution in [3.05, 3.63) is 0 Å². The second kappa shape index (κ2) is 5.65. The van der Waals surface area contributed by atoms with Crippen LogP contribution in [-0.2, 0) is 9.59 Å². The highest BCUT2D eigenvalue weighted by atomic mass is 16.1. The van der Waals surface area contributed by atoms with Gasteiger partial charge in [0, 0.05) is 24.8 Å². The van der Waals surface area contributed by atoms with Crippen LogP contribution in [0, 0.1) is 17.3 Å². The van der Waals surface area contributed by atoms with E-state index in [4.69, 9.17) is 0 Å². The molecule has 1 rings (SSSR count). The molecule has 0 radical (unpaired) electrons. The number of carbonyl (C=O) groups excluding carboxylic acids is 2. The Bertz CT molecular complexity index is 283. The van der Waals surface area contributed by atoms with Gasteiger partial charge < -0.3 is 5.32 Å². The van der Waals surface area contributed by atoms with Crippen LogP contribution in [0.2, 0.25) is 0 Å². The maximum absolute atomic E-state index is 12.1. The molecule has 3 nitrogen and oxygen atoms in total. The molecule has 3 heteroatoms. The number of carbonyl (C=O) groups is 2. The van der Waals surface area contributed by atoms with Crippen molar-refractivity contribution >= 4 is 11.7 Å². The van der Waals surface area contributed by atoms with Crippen LogP contribution in [0.1, 0.15) is 53.4 Å². The standard InChI is InChI=1S/C14H25NO2/c1-10(16)15-9-11-5-7-12(8-6-11)13(17)14(2,3)4/h11-12H,5-9H2,1-4H3,(H,15,16). The van der Waals surface area contributed by atoms with Gasteiger partial charge in [-0.05, 0) is 31.6 Å². The molecule has 1 aliphatic carbocycles. The van der Waals surface area contributed by atoms with E-state index in [1.807, 2.05) is 20.8 Å². The van der Waals surface area contributed by atoms with Crippen LogP contribution >= 0.6 is 0 Å². The van der Waals surface area contributed by atoms with Gasteiger partial charge in [0.25, 0.3) is 0 Å². The first kappa shape index (κ1) is 14.2. The van der Waals surface area contributed by atoms with Crippen LogP contribution < -0.4 is 5.32 Å². The number of nitrogens with one attached hydrogen (secondary N) is 1. The minimum Gasteiger partial charge on any atom is -0.356 e. The van der Waals surface area contributed by atoms with Crippen molar-refractivity contribution < 1.29 is 9.59 Å². The lowest BCUT2D eigenvalue weighted by atomic mass is 9.73. The Kier molecular flexibility index (Phi) is 4.72. The molecule has 0 aromatic rings. The number of hydrogen-bond donors (Lipinski definition) is 1. The average Bonchev–Trinajstić information content (AvgIpc) is 2.25. The van der Waals surface area contributed by atoms with E-state index in [0.717, 1.165) is 32.2 Å². The first-order valence-electron chi connectivity index (χ1n) is 6.59. The van der Waals surface area contributed by atoms with Crippen molar-refractivity contribution in [2.45, 2.75) is 53.4 Å². The van der Waals surface area contributed by atoms with Gasteiger partial charge >= 0.3 is 0 Å². The molecule has 1 fully saturated rings. The zero-order valence-electron chi connectivity index (χ0n) is 11.5. The Morgan fingerprint density at radius 2 is 1.65 bits per heavy atom. The normalized spacial score (nSPS) is 25.4. The second-order valence-electron chi connectivity index (χ2n) is 6.27. The minimum absolute atomic E-state index is 0.0397. The number of hydrogen-bond acceptors (Lipinski definition) is 2. The maximum Gasteiger partial charge on any atom is 0.216 e. The molecule has 0 atom stereocenters. The van der Waals surface area contributed by atoms with Crippen LogP contribution in [0.5, 0.6) is 0 Å². The molecule has 1 aliphatic rings. The minimum atomic E-state index is -0.213. The lowest BCUT2D eigenvalue weighted by molar-refractivity contribution is -0.131. The fraction of sp³-hybridized carbons (Fsp3) is 0.857. The van der Waals surface area contributed by atoms with Gasteiger partial charge in [0.2, 0.25) is 5.91 Å². The van der Waals surface area contributed by atoms with Gasteiger partial charge in [0.05, 0.1) is 0 Å². The SMILES string of the molecule is CC(=O)NCC1CCC(C(=O)C(C)(C)C)CC1. The van der Waals surface area contributed by atoms with E-state index in [-0.39, 0.29) is 17.2 Å². The van der Waals surface area contributed by atoms with Crippen molar-refractivity contribution in [3.63, 3.8) is 0 Å². The van der Waals surface area contributed by atoms with E-state index in [2.05, 4.69) is 5.32 Å². The van der Waals surface area contributed by atoms with Crippen LogP contribution in [0.4, 0.5) is 0 Å². The molecule has 98 valence electrons. The average molecular weight is 239 g/mol. The number of ketones is 1. The van der Waals surface area contributed by atoms with Crippen LogP contribution in [0.25, 0.3) is 0 Å². The Labute approximate surface area is 104 Å². The predicted molar refractivity (Wildman–Crippen MR) is 68.6 cm³/mol. The molecule has 0 aliphatic heterocycles. The van der Waals surface area contributed by atoms with Crippen LogP contribution in [0.3, 0.4) is 0 Å². The van der Waals surface area contributed by atoms with Crippen LogP contribution in [0.15, 0.2) is 0 Å². The highest BCUT2D eigenvalue weighted by molar-refractivity contribution is 5.86. The molecule has 1 amide bonds. The Morgan fingerprint density at radius 1 is 1.12 bits per heavy atom. The molecular formula is C14H25NO2. The zero-order valence-corrected chi connectivity index (χ0v) is 11.5. The van der Waals surface area contributed by atoms with E-state index < -0.39 is 0 Å². The fourth-order valence-corrected chi connectivity index (χ4v) is 2.53. The summed E-state index contributed by atoms with van der Waals surface area (Å²) in [6.07, 6.45) is 4.10. The lowest BCUT2D eigenvalue weighted by Gasteiger charge is -2.31. The summed E-state index contributed by atoms with van der Waals surface area (Å²) in [6.45, 7) is 8.32. The summed E-state index contributed by atoms with van der Waals surface area (Å²) in [5.41, 5.74) is -0.213. The van der Waals surface area contributed by atoms with E-state index in [1.54, 1.807) is 6.92 Å². The predicted octanol–water partition coefficient (Wildman–Crippen LogP) is 2.54. The Balaban J connectivity index is 2.36. The molecule has 17 heavy (non-hydrogen) atoms. The number of Topliss-reactive ketones (excluding diaryl/α,β-unsaturated/α-hetero) is 1. The third-order valence-corrected chi connectivity index (χ3v) is 3.60. The highest BCUT2D eigenvalue weighted by Crippen LogP contribution is 2.33. The summed E-state index contributed by atoms with van der Waals surface area (Å²) >= 11 is 0. The topological polar surface area (TPSA) is 46.2 Å². The van der Waals surface area contributed by atoms with Crippen molar-refractivity contribution in [3.8, 4) is 0 Å². The molecule has 0 bridgehead atoms. The first-order chi connectivity index (χ1) is 7.80. The summed E-state index contributed by atoms with van der Waals surface area (Å²) in [6, 6.07) is 0. The van der Waals surface area contributed by atoms with E-state index in [1.165, 1.54) is 0 Å². The zero-order chi connectivity index (χ0) is 13.1. The molecular weight excluding hydrogens is 214 g/mol. The monoisotopic (exact) mass is 239 g/mol. The highest BCUT2D eigenvalue weighted by Gasteiger charge is 2.32. The molecule has 1 N–H and O–H groups in total.